The topological polar surface area (TPSA) is 29.1 Å². The van der Waals surface area contributed by atoms with E-state index < -0.39 is 0 Å². The quantitative estimate of drug-likeness (QED) is 0.630. The Morgan fingerprint density at radius 2 is 2.40 bits per heavy atom. The Kier molecular flexibility index (Phi) is 5.95. The number of hydrogen-bond donors (Lipinski definition) is 1. The molecular weight excluding hydrogens is 274 g/mol. The molecule has 1 unspecified atom stereocenters. The first-order chi connectivity index (χ1) is 7.24. The molecule has 1 aromatic heterocycles. The highest BCUT2D eigenvalue weighted by Gasteiger charge is 2.08. The van der Waals surface area contributed by atoms with E-state index in [9.17, 15) is 4.79 Å². The highest BCUT2D eigenvalue weighted by molar-refractivity contribution is 9.09. The van der Waals surface area contributed by atoms with Crippen molar-refractivity contribution < 1.29 is 4.79 Å². The van der Waals surface area contributed by atoms with E-state index in [1.165, 1.54) is 5.56 Å². The first-order valence-electron chi connectivity index (χ1n) is 5.11. The first-order valence-corrected chi connectivity index (χ1v) is 7.18. The molecule has 0 bridgehead atoms. The van der Waals surface area contributed by atoms with E-state index in [0.29, 0.717) is 6.42 Å². The molecule has 84 valence electrons. The number of unbranched alkanes of at least 4 members (excludes halogenated alkanes) is 1. The average Bonchev–Trinajstić information content (AvgIpc) is 2.70. The van der Waals surface area contributed by atoms with Gasteiger partial charge in [0.1, 0.15) is 0 Å². The zero-order valence-corrected chi connectivity index (χ0v) is 11.2. The second kappa shape index (κ2) is 7.01. The summed E-state index contributed by atoms with van der Waals surface area (Å²) in [7, 11) is 0. The monoisotopic (exact) mass is 289 g/mol. The number of thiophene rings is 1. The van der Waals surface area contributed by atoms with Gasteiger partial charge < -0.3 is 5.32 Å². The smallest absolute Gasteiger partial charge is 0.220 e. The molecule has 0 spiro atoms. The van der Waals surface area contributed by atoms with Gasteiger partial charge in [0.2, 0.25) is 5.91 Å². The molecule has 15 heavy (non-hydrogen) atoms. The molecule has 0 aliphatic carbocycles. The van der Waals surface area contributed by atoms with Gasteiger partial charge in [0.25, 0.3) is 0 Å². The third kappa shape index (κ3) is 4.80. The summed E-state index contributed by atoms with van der Waals surface area (Å²) in [5, 5.41) is 8.07. The molecule has 1 rings (SSSR count). The minimum atomic E-state index is 0.132. The second-order valence-electron chi connectivity index (χ2n) is 3.49. The van der Waals surface area contributed by atoms with Crippen LogP contribution < -0.4 is 5.32 Å². The summed E-state index contributed by atoms with van der Waals surface area (Å²) in [4.78, 5) is 11.5. The van der Waals surface area contributed by atoms with Crippen LogP contribution in [0.1, 0.15) is 37.8 Å². The zero-order chi connectivity index (χ0) is 11.1. The lowest BCUT2D eigenvalue weighted by atomic mass is 10.1. The molecule has 0 aliphatic heterocycles. The van der Waals surface area contributed by atoms with Crippen molar-refractivity contribution in [3.63, 3.8) is 0 Å². The van der Waals surface area contributed by atoms with Crippen molar-refractivity contribution in [2.45, 2.75) is 32.2 Å². The fourth-order valence-corrected chi connectivity index (χ4v) is 2.45. The van der Waals surface area contributed by atoms with Crippen LogP contribution in [-0.2, 0) is 4.79 Å². The minimum Gasteiger partial charge on any atom is -0.350 e. The first kappa shape index (κ1) is 12.7. The maximum absolute atomic E-state index is 11.5. The van der Waals surface area contributed by atoms with E-state index >= 15 is 0 Å². The van der Waals surface area contributed by atoms with Gasteiger partial charge in [-0.25, -0.2) is 0 Å². The molecule has 0 saturated carbocycles. The molecular formula is C11H16BrNOS. The Balaban J connectivity index is 2.26. The summed E-state index contributed by atoms with van der Waals surface area (Å²) in [6.45, 7) is 2.02. The molecule has 1 N–H and O–H groups in total. The van der Waals surface area contributed by atoms with Crippen LogP contribution in [0.25, 0.3) is 0 Å². The van der Waals surface area contributed by atoms with E-state index in [0.717, 1.165) is 18.2 Å². The maximum Gasteiger partial charge on any atom is 0.220 e. The summed E-state index contributed by atoms with van der Waals surface area (Å²) < 4.78 is 0. The van der Waals surface area contributed by atoms with E-state index in [2.05, 4.69) is 26.6 Å². The molecule has 2 nitrogen and oxygen atoms in total. The lowest BCUT2D eigenvalue weighted by molar-refractivity contribution is -0.121. The van der Waals surface area contributed by atoms with Crippen LogP contribution in [0.5, 0.6) is 0 Å². The highest BCUT2D eigenvalue weighted by Crippen LogP contribution is 2.15. The van der Waals surface area contributed by atoms with E-state index in [1.54, 1.807) is 11.3 Å². The second-order valence-corrected chi connectivity index (χ2v) is 5.07. The summed E-state index contributed by atoms with van der Waals surface area (Å²) in [6, 6.07) is 2.18. The molecule has 0 aliphatic rings. The van der Waals surface area contributed by atoms with Crippen molar-refractivity contribution in [1.82, 2.24) is 5.32 Å². The van der Waals surface area contributed by atoms with Crippen LogP contribution in [0.4, 0.5) is 0 Å². The van der Waals surface area contributed by atoms with Crippen molar-refractivity contribution >= 4 is 33.2 Å². The molecule has 1 heterocycles. The van der Waals surface area contributed by atoms with Crippen molar-refractivity contribution in [1.29, 1.82) is 0 Å². The Bertz CT molecular complexity index is 287. The Morgan fingerprint density at radius 1 is 1.60 bits per heavy atom. The number of amides is 1. The molecule has 4 heteroatoms. The summed E-state index contributed by atoms with van der Waals surface area (Å²) in [5.41, 5.74) is 1.19. The van der Waals surface area contributed by atoms with Gasteiger partial charge in [0.05, 0.1) is 6.04 Å². The van der Waals surface area contributed by atoms with Crippen LogP contribution >= 0.6 is 27.3 Å². The van der Waals surface area contributed by atoms with Crippen molar-refractivity contribution in [2.24, 2.45) is 0 Å². The largest absolute Gasteiger partial charge is 0.350 e. The zero-order valence-electron chi connectivity index (χ0n) is 8.83. The fourth-order valence-electron chi connectivity index (χ4n) is 1.30. The van der Waals surface area contributed by atoms with Crippen molar-refractivity contribution in [3.8, 4) is 0 Å². The number of carbonyl (C=O) groups excluding carboxylic acids is 1. The van der Waals surface area contributed by atoms with Crippen LogP contribution in [0, 0.1) is 0 Å². The van der Waals surface area contributed by atoms with Gasteiger partial charge in [-0.2, -0.15) is 11.3 Å². The van der Waals surface area contributed by atoms with Gasteiger partial charge in [0, 0.05) is 11.8 Å². The van der Waals surface area contributed by atoms with Crippen LogP contribution in [0.2, 0.25) is 0 Å². The third-order valence-corrected chi connectivity index (χ3v) is 3.47. The SMILES string of the molecule is CC(NC(=O)CCCCBr)c1ccsc1. The van der Waals surface area contributed by atoms with E-state index in [1.807, 2.05) is 18.4 Å². The van der Waals surface area contributed by atoms with Gasteiger partial charge in [-0.05, 0) is 42.2 Å². The molecule has 0 saturated heterocycles. The Hall–Kier alpha value is -0.350. The molecule has 0 radical (unpaired) electrons. The number of hydrogen-bond acceptors (Lipinski definition) is 2. The normalized spacial score (nSPS) is 12.4. The van der Waals surface area contributed by atoms with Crippen LogP contribution in [0.15, 0.2) is 16.8 Å². The standard InChI is InChI=1S/C11H16BrNOS/c1-9(10-5-7-15-8-10)13-11(14)4-2-3-6-12/h5,7-9H,2-4,6H2,1H3,(H,13,14). The number of nitrogens with one attached hydrogen (secondary N) is 1. The van der Waals surface area contributed by atoms with E-state index in [-0.39, 0.29) is 11.9 Å². The number of halogens is 1. The Labute approximate surface area is 103 Å². The average molecular weight is 290 g/mol. The molecule has 1 amide bonds. The highest BCUT2D eigenvalue weighted by atomic mass is 79.9. The summed E-state index contributed by atoms with van der Waals surface area (Å²) in [5.74, 6) is 0.148. The predicted octanol–water partition coefficient (Wildman–Crippen LogP) is 3.49. The lowest BCUT2D eigenvalue weighted by Gasteiger charge is -2.12. The van der Waals surface area contributed by atoms with Crippen LogP contribution in [-0.4, -0.2) is 11.2 Å². The number of alkyl halides is 1. The van der Waals surface area contributed by atoms with Crippen molar-refractivity contribution in [2.75, 3.05) is 5.33 Å². The molecule has 1 aromatic rings. The van der Waals surface area contributed by atoms with E-state index in [4.69, 9.17) is 0 Å². The van der Waals surface area contributed by atoms with Gasteiger partial charge in [-0.3, -0.25) is 4.79 Å². The number of carbonyl (C=O) groups is 1. The Morgan fingerprint density at radius 3 is 3.00 bits per heavy atom. The molecule has 1 atom stereocenters. The van der Waals surface area contributed by atoms with Gasteiger partial charge in [-0.15, -0.1) is 0 Å². The van der Waals surface area contributed by atoms with Gasteiger partial charge >= 0.3 is 0 Å². The van der Waals surface area contributed by atoms with Gasteiger partial charge in [0.15, 0.2) is 0 Å². The minimum absolute atomic E-state index is 0.132. The fraction of sp³-hybridized carbons (Fsp3) is 0.545. The predicted molar refractivity (Wildman–Crippen MR) is 68.5 cm³/mol. The van der Waals surface area contributed by atoms with Crippen LogP contribution in [0.3, 0.4) is 0 Å². The maximum atomic E-state index is 11.5. The van der Waals surface area contributed by atoms with Gasteiger partial charge in [-0.1, -0.05) is 15.9 Å². The summed E-state index contributed by atoms with van der Waals surface area (Å²) >= 11 is 5.01. The third-order valence-electron chi connectivity index (χ3n) is 2.21. The molecule has 0 aromatic carbocycles. The lowest BCUT2D eigenvalue weighted by Crippen LogP contribution is -2.25. The molecule has 0 fully saturated rings. The number of rotatable bonds is 6. The summed E-state index contributed by atoms with van der Waals surface area (Å²) in [6.07, 6.45) is 2.63. The van der Waals surface area contributed by atoms with Crippen molar-refractivity contribution in [3.05, 3.63) is 22.4 Å².